The molecule has 0 unspecified atom stereocenters. The van der Waals surface area contributed by atoms with Gasteiger partial charge in [-0.05, 0) is 32.0 Å². The Kier molecular flexibility index (Phi) is 5.36. The number of hydrogen-bond acceptors (Lipinski definition) is 5. The standard InChI is InChI=1S/C18H24ClN3O3S/c1-17(2,3)14-9-12(22(6)21-14)10-15(23)18(4,5)26(24,25)13-7-8-16(19)20-11-13/h7-9,11H,10H2,1-6H3. The first kappa shape index (κ1) is 20.6. The topological polar surface area (TPSA) is 81.9 Å². The minimum Gasteiger partial charge on any atom is -0.298 e. The van der Waals surface area contributed by atoms with Crippen LogP contribution in [-0.2, 0) is 33.5 Å². The zero-order valence-corrected chi connectivity index (χ0v) is 17.4. The average Bonchev–Trinajstić information content (AvgIpc) is 2.88. The van der Waals surface area contributed by atoms with Crippen LogP contribution in [0, 0.1) is 0 Å². The average molecular weight is 398 g/mol. The molecule has 2 aromatic heterocycles. The van der Waals surface area contributed by atoms with Gasteiger partial charge in [0.2, 0.25) is 0 Å². The van der Waals surface area contributed by atoms with Crippen molar-refractivity contribution in [1.82, 2.24) is 14.8 Å². The number of hydrogen-bond donors (Lipinski definition) is 0. The molecule has 0 fully saturated rings. The Bertz CT molecular complexity index is 924. The quantitative estimate of drug-likeness (QED) is 0.724. The maximum Gasteiger partial charge on any atom is 0.192 e. The second-order valence-corrected chi connectivity index (χ2v) is 10.7. The lowest BCUT2D eigenvalue weighted by Gasteiger charge is -2.23. The Morgan fingerprint density at radius 3 is 2.27 bits per heavy atom. The number of Topliss-reactive ketones (excluding diaryl/α,β-unsaturated/α-hetero) is 1. The van der Waals surface area contributed by atoms with Crippen LogP contribution in [0.2, 0.25) is 5.15 Å². The molecule has 0 aliphatic heterocycles. The SMILES string of the molecule is Cn1nc(C(C)(C)C)cc1CC(=O)C(C)(C)S(=O)(=O)c1ccc(Cl)nc1. The molecule has 2 aromatic rings. The van der Waals surface area contributed by atoms with E-state index < -0.39 is 20.4 Å². The molecule has 0 N–H and O–H groups in total. The number of nitrogens with zero attached hydrogens (tertiary/aromatic N) is 3. The molecule has 0 saturated carbocycles. The third-order valence-corrected chi connectivity index (χ3v) is 7.10. The van der Waals surface area contributed by atoms with Gasteiger partial charge in [-0.3, -0.25) is 9.48 Å². The maximum absolute atomic E-state index is 12.9. The smallest absolute Gasteiger partial charge is 0.192 e. The molecule has 0 atom stereocenters. The highest BCUT2D eigenvalue weighted by Gasteiger charge is 2.42. The molecule has 142 valence electrons. The van der Waals surface area contributed by atoms with Crippen molar-refractivity contribution in [2.45, 2.75) is 56.1 Å². The van der Waals surface area contributed by atoms with E-state index in [1.54, 1.807) is 11.7 Å². The summed E-state index contributed by atoms with van der Waals surface area (Å²) >= 11 is 5.72. The zero-order chi connectivity index (χ0) is 19.9. The summed E-state index contributed by atoms with van der Waals surface area (Å²) in [4.78, 5) is 16.6. The van der Waals surface area contributed by atoms with Gasteiger partial charge in [-0.25, -0.2) is 13.4 Å². The highest BCUT2D eigenvalue weighted by Crippen LogP contribution is 2.28. The predicted octanol–water partition coefficient (Wildman–Crippen LogP) is 3.13. The van der Waals surface area contributed by atoms with Crippen molar-refractivity contribution in [3.05, 3.63) is 40.9 Å². The molecule has 6 nitrogen and oxygen atoms in total. The lowest BCUT2D eigenvalue weighted by atomic mass is 9.92. The van der Waals surface area contributed by atoms with E-state index in [4.69, 9.17) is 11.6 Å². The van der Waals surface area contributed by atoms with Crippen molar-refractivity contribution in [1.29, 1.82) is 0 Å². The van der Waals surface area contributed by atoms with E-state index in [2.05, 4.69) is 10.1 Å². The van der Waals surface area contributed by atoms with E-state index in [-0.39, 0.29) is 21.9 Å². The van der Waals surface area contributed by atoms with Crippen LogP contribution in [-0.4, -0.2) is 33.7 Å². The van der Waals surface area contributed by atoms with Gasteiger partial charge in [-0.1, -0.05) is 32.4 Å². The predicted molar refractivity (Wildman–Crippen MR) is 101 cm³/mol. The van der Waals surface area contributed by atoms with Crippen molar-refractivity contribution in [3.8, 4) is 0 Å². The fourth-order valence-electron chi connectivity index (χ4n) is 2.38. The van der Waals surface area contributed by atoms with Gasteiger partial charge in [0.25, 0.3) is 0 Å². The van der Waals surface area contributed by atoms with E-state index in [1.165, 1.54) is 32.2 Å². The monoisotopic (exact) mass is 397 g/mol. The van der Waals surface area contributed by atoms with Crippen molar-refractivity contribution in [3.63, 3.8) is 0 Å². The number of carbonyl (C=O) groups excluding carboxylic acids is 1. The number of ketones is 1. The molecular weight excluding hydrogens is 374 g/mol. The third kappa shape index (κ3) is 3.83. The van der Waals surface area contributed by atoms with Gasteiger partial charge < -0.3 is 0 Å². The van der Waals surface area contributed by atoms with Crippen LogP contribution in [0.3, 0.4) is 0 Å². The fourth-order valence-corrected chi connectivity index (χ4v) is 3.89. The second-order valence-electron chi connectivity index (χ2n) is 7.82. The van der Waals surface area contributed by atoms with Crippen LogP contribution < -0.4 is 0 Å². The summed E-state index contributed by atoms with van der Waals surface area (Å²) in [6.45, 7) is 8.93. The normalized spacial score (nSPS) is 13.0. The molecule has 0 aliphatic rings. The third-order valence-electron chi connectivity index (χ3n) is 4.44. The molecule has 26 heavy (non-hydrogen) atoms. The Morgan fingerprint density at radius 1 is 1.19 bits per heavy atom. The van der Waals surface area contributed by atoms with Crippen LogP contribution in [0.4, 0.5) is 0 Å². The maximum atomic E-state index is 12.9. The molecule has 0 saturated heterocycles. The summed E-state index contributed by atoms with van der Waals surface area (Å²) in [5, 5.41) is 4.63. The van der Waals surface area contributed by atoms with E-state index in [0.717, 1.165) is 5.69 Å². The number of sulfone groups is 1. The number of carbonyl (C=O) groups is 1. The molecule has 0 spiro atoms. The Labute approximate surface area is 159 Å². The van der Waals surface area contributed by atoms with Gasteiger partial charge in [-0.15, -0.1) is 0 Å². The van der Waals surface area contributed by atoms with Crippen molar-refractivity contribution < 1.29 is 13.2 Å². The highest BCUT2D eigenvalue weighted by molar-refractivity contribution is 7.93. The largest absolute Gasteiger partial charge is 0.298 e. The number of aromatic nitrogens is 3. The Balaban J connectivity index is 2.33. The van der Waals surface area contributed by atoms with Crippen molar-refractivity contribution >= 4 is 27.2 Å². The lowest BCUT2D eigenvalue weighted by molar-refractivity contribution is -0.120. The van der Waals surface area contributed by atoms with Gasteiger partial charge in [0.15, 0.2) is 15.6 Å². The summed E-state index contributed by atoms with van der Waals surface area (Å²) in [6.07, 6.45) is 1.15. The minimum absolute atomic E-state index is 0.0210. The van der Waals surface area contributed by atoms with E-state index >= 15 is 0 Å². The van der Waals surface area contributed by atoms with Gasteiger partial charge >= 0.3 is 0 Å². The van der Waals surface area contributed by atoms with Gasteiger partial charge in [-0.2, -0.15) is 5.10 Å². The first-order valence-corrected chi connectivity index (χ1v) is 10.1. The first-order chi connectivity index (χ1) is 11.8. The molecule has 2 rings (SSSR count). The number of halogens is 1. The van der Waals surface area contributed by atoms with Crippen LogP contribution >= 0.6 is 11.6 Å². The summed E-state index contributed by atoms with van der Waals surface area (Å²) in [7, 11) is -2.16. The van der Waals surface area contributed by atoms with Crippen LogP contribution in [0.25, 0.3) is 0 Å². The van der Waals surface area contributed by atoms with E-state index in [1.807, 2.05) is 26.8 Å². The molecule has 0 radical (unpaired) electrons. The van der Waals surface area contributed by atoms with Crippen molar-refractivity contribution in [2.75, 3.05) is 0 Å². The van der Waals surface area contributed by atoms with Crippen LogP contribution in [0.1, 0.15) is 46.0 Å². The lowest BCUT2D eigenvalue weighted by Crippen LogP contribution is -2.42. The molecule has 2 heterocycles. The Hall–Kier alpha value is -1.73. The van der Waals surface area contributed by atoms with Gasteiger partial charge in [0.1, 0.15) is 9.90 Å². The minimum atomic E-state index is -3.91. The molecule has 0 bridgehead atoms. The molecule has 0 amide bonds. The molecule has 8 heteroatoms. The van der Waals surface area contributed by atoms with E-state index in [9.17, 15) is 13.2 Å². The number of rotatable bonds is 5. The summed E-state index contributed by atoms with van der Waals surface area (Å²) in [5.41, 5.74) is 1.37. The zero-order valence-electron chi connectivity index (χ0n) is 15.9. The first-order valence-electron chi connectivity index (χ1n) is 8.19. The van der Waals surface area contributed by atoms with Gasteiger partial charge in [0, 0.05) is 24.4 Å². The summed E-state index contributed by atoms with van der Waals surface area (Å²) in [6, 6.07) is 4.61. The molecule has 0 aromatic carbocycles. The summed E-state index contributed by atoms with van der Waals surface area (Å²) in [5.74, 6) is -0.407. The number of aryl methyl sites for hydroxylation is 1. The Morgan fingerprint density at radius 2 is 1.81 bits per heavy atom. The van der Waals surface area contributed by atoms with E-state index in [0.29, 0.717) is 5.69 Å². The molecular formula is C18H24ClN3O3S. The van der Waals surface area contributed by atoms with Crippen molar-refractivity contribution in [2.24, 2.45) is 7.05 Å². The fraction of sp³-hybridized carbons (Fsp3) is 0.500. The molecule has 0 aliphatic carbocycles. The number of pyridine rings is 1. The highest BCUT2D eigenvalue weighted by atomic mass is 35.5. The second kappa shape index (κ2) is 6.78. The van der Waals surface area contributed by atoms with Crippen LogP contribution in [0.15, 0.2) is 29.3 Å². The van der Waals surface area contributed by atoms with Crippen LogP contribution in [0.5, 0.6) is 0 Å². The summed E-state index contributed by atoms with van der Waals surface area (Å²) < 4.78 is 25.9. The van der Waals surface area contributed by atoms with Gasteiger partial charge in [0.05, 0.1) is 17.0 Å².